The Morgan fingerprint density at radius 2 is 1.76 bits per heavy atom. The minimum Gasteiger partial charge on any atom is -0.249 e. The Balaban J connectivity index is 2.15. The molecular weight excluding hydrogens is 324 g/mol. The molecule has 0 radical (unpaired) electrons. The number of hydrogen-bond acceptors (Lipinski definition) is 1. The van der Waals surface area contributed by atoms with Gasteiger partial charge in [-0.3, -0.25) is 0 Å². The van der Waals surface area contributed by atoms with Crippen LogP contribution in [0.3, 0.4) is 0 Å². The molecule has 2 aromatic carbocycles. The van der Waals surface area contributed by atoms with E-state index in [-0.39, 0.29) is 0 Å². The fourth-order valence-corrected chi connectivity index (χ4v) is 4.34. The SMILES string of the molecule is CCCC[C@H](C)/C(=C\CCc1ccccc1)[S@@](=O)c1ccc(C)cc1. The van der Waals surface area contributed by atoms with Crippen molar-refractivity contribution in [3.63, 3.8) is 0 Å². The van der Waals surface area contributed by atoms with E-state index in [1.165, 1.54) is 24.0 Å². The third-order valence-electron chi connectivity index (χ3n) is 4.55. The molecule has 0 amide bonds. The van der Waals surface area contributed by atoms with Gasteiger partial charge in [0, 0.05) is 9.80 Å². The van der Waals surface area contributed by atoms with Crippen LogP contribution in [0.5, 0.6) is 0 Å². The molecule has 0 aromatic heterocycles. The van der Waals surface area contributed by atoms with Gasteiger partial charge in [-0.2, -0.15) is 0 Å². The highest BCUT2D eigenvalue weighted by Crippen LogP contribution is 2.26. The second kappa shape index (κ2) is 10.4. The van der Waals surface area contributed by atoms with Gasteiger partial charge in [0.1, 0.15) is 0 Å². The van der Waals surface area contributed by atoms with Crippen molar-refractivity contribution >= 4 is 10.8 Å². The number of unbranched alkanes of at least 4 members (excludes halogenated alkanes) is 1. The summed E-state index contributed by atoms with van der Waals surface area (Å²) in [6.07, 6.45) is 7.62. The Hall–Kier alpha value is -1.67. The van der Waals surface area contributed by atoms with Gasteiger partial charge in [0.25, 0.3) is 0 Å². The lowest BCUT2D eigenvalue weighted by atomic mass is 10.0. The van der Waals surface area contributed by atoms with Crippen LogP contribution in [-0.4, -0.2) is 4.21 Å². The summed E-state index contributed by atoms with van der Waals surface area (Å²) < 4.78 is 13.1. The van der Waals surface area contributed by atoms with Gasteiger partial charge in [0.15, 0.2) is 0 Å². The van der Waals surface area contributed by atoms with Crippen LogP contribution in [-0.2, 0) is 17.2 Å². The Morgan fingerprint density at radius 1 is 1.08 bits per heavy atom. The molecule has 2 heteroatoms. The van der Waals surface area contributed by atoms with Crippen LogP contribution in [0.2, 0.25) is 0 Å². The molecule has 0 spiro atoms. The number of rotatable bonds is 9. The molecule has 0 aliphatic rings. The Bertz CT molecular complexity index is 686. The van der Waals surface area contributed by atoms with E-state index in [0.29, 0.717) is 5.92 Å². The molecule has 0 aliphatic heterocycles. The van der Waals surface area contributed by atoms with Crippen LogP contribution in [0, 0.1) is 12.8 Å². The van der Waals surface area contributed by atoms with E-state index in [1.807, 2.05) is 30.3 Å². The highest BCUT2D eigenvalue weighted by molar-refractivity contribution is 7.89. The van der Waals surface area contributed by atoms with E-state index in [0.717, 1.165) is 29.1 Å². The monoisotopic (exact) mass is 354 g/mol. The number of allylic oxidation sites excluding steroid dienone is 2. The summed E-state index contributed by atoms with van der Waals surface area (Å²) in [6.45, 7) is 6.49. The predicted molar refractivity (Wildman–Crippen MR) is 109 cm³/mol. The molecule has 2 aromatic rings. The average Bonchev–Trinajstić information content (AvgIpc) is 2.64. The number of hydrogen-bond donors (Lipinski definition) is 0. The maximum atomic E-state index is 13.1. The van der Waals surface area contributed by atoms with Gasteiger partial charge in [-0.05, 0) is 49.8 Å². The maximum absolute atomic E-state index is 13.1. The highest BCUT2D eigenvalue weighted by atomic mass is 32.2. The second-order valence-corrected chi connectivity index (χ2v) is 8.24. The van der Waals surface area contributed by atoms with Crippen molar-refractivity contribution in [1.29, 1.82) is 0 Å². The lowest BCUT2D eigenvalue weighted by Crippen LogP contribution is -2.07. The van der Waals surface area contributed by atoms with E-state index in [9.17, 15) is 4.21 Å². The fourth-order valence-electron chi connectivity index (χ4n) is 2.94. The average molecular weight is 355 g/mol. The first-order chi connectivity index (χ1) is 12.1. The van der Waals surface area contributed by atoms with Crippen molar-refractivity contribution in [2.75, 3.05) is 0 Å². The topological polar surface area (TPSA) is 17.1 Å². The molecule has 0 saturated carbocycles. The second-order valence-electron chi connectivity index (χ2n) is 6.76. The number of benzene rings is 2. The minimum absolute atomic E-state index is 0.359. The molecule has 134 valence electrons. The molecule has 0 N–H and O–H groups in total. The molecule has 0 bridgehead atoms. The summed E-state index contributed by atoms with van der Waals surface area (Å²) >= 11 is 0. The molecule has 0 aliphatic carbocycles. The zero-order valence-corrected chi connectivity index (χ0v) is 16.5. The van der Waals surface area contributed by atoms with Crippen LogP contribution < -0.4 is 0 Å². The molecule has 1 nitrogen and oxygen atoms in total. The van der Waals surface area contributed by atoms with Crippen LogP contribution in [0.25, 0.3) is 0 Å². The summed E-state index contributed by atoms with van der Waals surface area (Å²) in [7, 11) is -1.06. The minimum atomic E-state index is -1.06. The highest BCUT2D eigenvalue weighted by Gasteiger charge is 2.16. The van der Waals surface area contributed by atoms with Gasteiger partial charge < -0.3 is 0 Å². The van der Waals surface area contributed by atoms with Crippen molar-refractivity contribution in [2.45, 2.75) is 57.8 Å². The Labute approximate surface area is 155 Å². The summed E-state index contributed by atoms with van der Waals surface area (Å²) in [5.41, 5.74) is 2.54. The van der Waals surface area contributed by atoms with Crippen LogP contribution in [0.1, 0.15) is 50.7 Å². The van der Waals surface area contributed by atoms with Crippen LogP contribution in [0.15, 0.2) is 70.5 Å². The van der Waals surface area contributed by atoms with Gasteiger partial charge in [0.05, 0.1) is 10.8 Å². The van der Waals surface area contributed by atoms with Crippen molar-refractivity contribution in [3.8, 4) is 0 Å². The molecule has 2 rings (SSSR count). The summed E-state index contributed by atoms with van der Waals surface area (Å²) in [6, 6.07) is 18.6. The lowest BCUT2D eigenvalue weighted by molar-refractivity contribution is 0.583. The smallest absolute Gasteiger partial charge is 0.0807 e. The first kappa shape index (κ1) is 19.7. The molecular formula is C23H30OS. The molecule has 25 heavy (non-hydrogen) atoms. The van der Waals surface area contributed by atoms with E-state index in [1.54, 1.807) is 0 Å². The van der Waals surface area contributed by atoms with Crippen molar-refractivity contribution in [2.24, 2.45) is 5.92 Å². The quantitative estimate of drug-likeness (QED) is 0.506. The van der Waals surface area contributed by atoms with Crippen molar-refractivity contribution < 1.29 is 4.21 Å². The molecule has 0 heterocycles. The van der Waals surface area contributed by atoms with E-state index < -0.39 is 10.8 Å². The molecule has 0 unspecified atom stereocenters. The van der Waals surface area contributed by atoms with Crippen LogP contribution in [0.4, 0.5) is 0 Å². The normalized spacial score (nSPS) is 14.3. The Kier molecular flexibility index (Phi) is 8.14. The first-order valence-corrected chi connectivity index (χ1v) is 10.5. The fraction of sp³-hybridized carbons (Fsp3) is 0.391. The molecule has 0 saturated heterocycles. The molecule has 0 fully saturated rings. The summed E-state index contributed by atoms with van der Waals surface area (Å²) in [5.74, 6) is 0.359. The molecule has 2 atom stereocenters. The third-order valence-corrected chi connectivity index (χ3v) is 6.24. The van der Waals surface area contributed by atoms with E-state index in [4.69, 9.17) is 0 Å². The van der Waals surface area contributed by atoms with Crippen molar-refractivity contribution in [3.05, 3.63) is 76.7 Å². The van der Waals surface area contributed by atoms with Crippen LogP contribution >= 0.6 is 0 Å². The van der Waals surface area contributed by atoms with Gasteiger partial charge in [0.2, 0.25) is 0 Å². The van der Waals surface area contributed by atoms with E-state index in [2.05, 4.69) is 51.1 Å². The standard InChI is InChI=1S/C23H30OS/c1-4-5-10-20(3)23(14-9-13-21-11-7-6-8-12-21)25(24)22-17-15-19(2)16-18-22/h6-8,11-12,14-18,20H,4-5,9-10,13H2,1-3H3/b23-14+/t20-,25-/m0/s1. The first-order valence-electron chi connectivity index (χ1n) is 9.34. The summed E-state index contributed by atoms with van der Waals surface area (Å²) in [5, 5.41) is 0. The number of aryl methyl sites for hydroxylation is 2. The van der Waals surface area contributed by atoms with Gasteiger partial charge in [-0.25, -0.2) is 4.21 Å². The van der Waals surface area contributed by atoms with E-state index >= 15 is 0 Å². The van der Waals surface area contributed by atoms with Gasteiger partial charge in [-0.15, -0.1) is 0 Å². The predicted octanol–water partition coefficient (Wildman–Crippen LogP) is 6.45. The van der Waals surface area contributed by atoms with Gasteiger partial charge in [-0.1, -0.05) is 80.8 Å². The zero-order chi connectivity index (χ0) is 18.1. The summed E-state index contributed by atoms with van der Waals surface area (Å²) in [4.78, 5) is 2.01. The largest absolute Gasteiger partial charge is 0.249 e. The van der Waals surface area contributed by atoms with Crippen molar-refractivity contribution in [1.82, 2.24) is 0 Å². The lowest BCUT2D eigenvalue weighted by Gasteiger charge is -2.16. The van der Waals surface area contributed by atoms with Gasteiger partial charge >= 0.3 is 0 Å². The Morgan fingerprint density at radius 3 is 2.40 bits per heavy atom. The maximum Gasteiger partial charge on any atom is 0.0807 e. The zero-order valence-electron chi connectivity index (χ0n) is 15.7. The third kappa shape index (κ3) is 6.28.